The van der Waals surface area contributed by atoms with Crippen LogP contribution >= 0.6 is 11.6 Å². The molecule has 4 amide bonds. The van der Waals surface area contributed by atoms with Crippen molar-refractivity contribution in [1.82, 2.24) is 16.0 Å². The summed E-state index contributed by atoms with van der Waals surface area (Å²) >= 11 is 6.41. The van der Waals surface area contributed by atoms with Crippen LogP contribution in [0.1, 0.15) is 40.9 Å². The Labute approximate surface area is 294 Å². The lowest BCUT2D eigenvalue weighted by Crippen LogP contribution is -2.38. The van der Waals surface area contributed by atoms with E-state index in [1.165, 1.54) is 6.07 Å². The lowest BCUT2D eigenvalue weighted by molar-refractivity contribution is 0.0986. The molecule has 0 heterocycles. The van der Waals surface area contributed by atoms with Crippen LogP contribution in [0.2, 0.25) is 5.02 Å². The van der Waals surface area contributed by atoms with E-state index < -0.39 is 24.0 Å². The smallest absolute Gasteiger partial charge is 0.405 e. The van der Waals surface area contributed by atoms with Gasteiger partial charge in [0, 0.05) is 41.9 Å². The van der Waals surface area contributed by atoms with Gasteiger partial charge >= 0.3 is 12.1 Å². The van der Waals surface area contributed by atoms with E-state index in [2.05, 4.69) is 16.0 Å². The van der Waals surface area contributed by atoms with E-state index in [1.54, 1.807) is 84.6 Å². The molecular weight excluding hydrogens is 659 g/mol. The number of rotatable bonds is 13. The van der Waals surface area contributed by atoms with Gasteiger partial charge in [-0.05, 0) is 72.5 Å². The molecule has 50 heavy (non-hydrogen) atoms. The van der Waals surface area contributed by atoms with Crippen molar-refractivity contribution in [3.63, 3.8) is 0 Å². The van der Waals surface area contributed by atoms with Gasteiger partial charge in [-0.3, -0.25) is 4.79 Å². The van der Waals surface area contributed by atoms with Crippen molar-refractivity contribution in [2.24, 2.45) is 0 Å². The highest BCUT2D eigenvalue weighted by Gasteiger charge is 2.22. The summed E-state index contributed by atoms with van der Waals surface area (Å²) in [5, 5.41) is 17.4. The number of amides is 4. The maximum atomic E-state index is 14.2. The van der Waals surface area contributed by atoms with Gasteiger partial charge in [0.2, 0.25) is 0 Å². The molecule has 11 heteroatoms. The number of hydrogen-bond donors (Lipinski definition) is 4. The van der Waals surface area contributed by atoms with Crippen molar-refractivity contribution in [3.05, 3.63) is 149 Å². The summed E-state index contributed by atoms with van der Waals surface area (Å²) < 4.78 is 20.3. The minimum absolute atomic E-state index is 0.0277. The molecule has 0 saturated heterocycles. The normalized spacial score (nSPS) is 11.3. The second kappa shape index (κ2) is 17.0. The third-order valence-corrected chi connectivity index (χ3v) is 8.10. The average molecular weight is 695 g/mol. The molecule has 0 spiro atoms. The molecule has 0 aliphatic carbocycles. The topological polar surface area (TPSA) is 120 Å². The fourth-order valence-corrected chi connectivity index (χ4v) is 5.44. The minimum atomic E-state index is -1.15. The van der Waals surface area contributed by atoms with Crippen LogP contribution in [-0.2, 0) is 6.54 Å². The van der Waals surface area contributed by atoms with E-state index in [4.69, 9.17) is 21.4 Å². The molecule has 0 saturated carbocycles. The molecular formula is C39H36ClFN4O5. The largest absolute Gasteiger partial charge is 0.465 e. The predicted octanol–water partition coefficient (Wildman–Crippen LogP) is 8.80. The SMILES string of the molecule is CC(NC(=O)O)c1cccc(Oc2cc(Cl)ccc2N(CCCNC(=O)NCc2ccccc2F)C(=O)c2ccc(-c3ccccc3)cc2)c1. The maximum absolute atomic E-state index is 14.2. The Morgan fingerprint density at radius 2 is 1.56 bits per heavy atom. The number of carbonyl (C=O) groups is 3. The summed E-state index contributed by atoms with van der Waals surface area (Å²) in [6.45, 7) is 2.17. The van der Waals surface area contributed by atoms with Gasteiger partial charge in [-0.1, -0.05) is 84.4 Å². The van der Waals surface area contributed by atoms with Gasteiger partial charge in [0.1, 0.15) is 11.6 Å². The predicted molar refractivity (Wildman–Crippen MR) is 192 cm³/mol. The van der Waals surface area contributed by atoms with Gasteiger partial charge in [-0.25, -0.2) is 14.0 Å². The highest BCUT2D eigenvalue weighted by atomic mass is 35.5. The number of carbonyl (C=O) groups excluding carboxylic acids is 2. The van der Waals surface area contributed by atoms with Crippen LogP contribution < -0.4 is 25.6 Å². The van der Waals surface area contributed by atoms with Crippen molar-refractivity contribution in [2.75, 3.05) is 18.0 Å². The summed E-state index contributed by atoms with van der Waals surface area (Å²) in [5.74, 6) is 0.0166. The molecule has 256 valence electrons. The highest BCUT2D eigenvalue weighted by molar-refractivity contribution is 6.30. The average Bonchev–Trinajstić information content (AvgIpc) is 3.12. The molecule has 1 unspecified atom stereocenters. The third kappa shape index (κ3) is 9.61. The number of halogens is 2. The Bertz CT molecular complexity index is 1940. The number of nitrogens with zero attached hydrogens (tertiary/aromatic N) is 1. The minimum Gasteiger partial charge on any atom is -0.465 e. The second-order valence-corrected chi connectivity index (χ2v) is 11.8. The van der Waals surface area contributed by atoms with E-state index in [1.807, 2.05) is 42.5 Å². The number of urea groups is 1. The molecule has 0 aromatic heterocycles. The van der Waals surface area contributed by atoms with Crippen LogP contribution in [0.15, 0.2) is 121 Å². The number of carboxylic acid groups (broad SMARTS) is 1. The Hall–Kier alpha value is -5.87. The summed E-state index contributed by atoms with van der Waals surface area (Å²) in [6.07, 6.45) is -0.777. The van der Waals surface area contributed by atoms with E-state index in [0.29, 0.717) is 45.3 Å². The summed E-state index contributed by atoms with van der Waals surface area (Å²) in [5.41, 5.74) is 3.91. The van der Waals surface area contributed by atoms with Gasteiger partial charge in [0.05, 0.1) is 11.7 Å². The first-order chi connectivity index (χ1) is 24.2. The van der Waals surface area contributed by atoms with Gasteiger partial charge < -0.3 is 30.7 Å². The van der Waals surface area contributed by atoms with Crippen molar-refractivity contribution in [2.45, 2.75) is 25.9 Å². The maximum Gasteiger partial charge on any atom is 0.405 e. The first-order valence-corrected chi connectivity index (χ1v) is 16.3. The van der Waals surface area contributed by atoms with Crippen LogP contribution in [0, 0.1) is 5.82 Å². The summed E-state index contributed by atoms with van der Waals surface area (Å²) in [7, 11) is 0. The van der Waals surface area contributed by atoms with E-state index in [-0.39, 0.29) is 25.5 Å². The van der Waals surface area contributed by atoms with Crippen LogP contribution in [-0.4, -0.2) is 36.2 Å². The van der Waals surface area contributed by atoms with Crippen LogP contribution in [0.4, 0.5) is 19.7 Å². The Kier molecular flexibility index (Phi) is 12.0. The fourth-order valence-electron chi connectivity index (χ4n) is 5.28. The molecule has 0 radical (unpaired) electrons. The molecule has 9 nitrogen and oxygen atoms in total. The molecule has 1 atom stereocenters. The molecule has 5 aromatic rings. The third-order valence-electron chi connectivity index (χ3n) is 7.86. The van der Waals surface area contributed by atoms with Crippen molar-refractivity contribution in [1.29, 1.82) is 0 Å². The highest BCUT2D eigenvalue weighted by Crippen LogP contribution is 2.36. The molecule has 0 aliphatic rings. The molecule has 0 fully saturated rings. The van der Waals surface area contributed by atoms with Crippen molar-refractivity contribution >= 4 is 35.3 Å². The zero-order valence-electron chi connectivity index (χ0n) is 27.2. The Morgan fingerprint density at radius 1 is 0.840 bits per heavy atom. The summed E-state index contributed by atoms with van der Waals surface area (Å²) in [4.78, 5) is 39.4. The molecule has 0 aliphatic heterocycles. The van der Waals surface area contributed by atoms with E-state index in [0.717, 1.165) is 11.1 Å². The van der Waals surface area contributed by atoms with Gasteiger partial charge in [-0.15, -0.1) is 0 Å². The van der Waals surface area contributed by atoms with E-state index >= 15 is 0 Å². The zero-order valence-corrected chi connectivity index (χ0v) is 28.0. The van der Waals surface area contributed by atoms with Crippen LogP contribution in [0.25, 0.3) is 11.1 Å². The van der Waals surface area contributed by atoms with Gasteiger partial charge in [-0.2, -0.15) is 0 Å². The first-order valence-electron chi connectivity index (χ1n) is 16.0. The number of ether oxygens (including phenoxy) is 1. The van der Waals surface area contributed by atoms with Crippen molar-refractivity contribution in [3.8, 4) is 22.6 Å². The van der Waals surface area contributed by atoms with Gasteiger partial charge in [0.25, 0.3) is 5.91 Å². The Balaban J connectivity index is 1.36. The van der Waals surface area contributed by atoms with Crippen LogP contribution in [0.5, 0.6) is 11.5 Å². The summed E-state index contributed by atoms with van der Waals surface area (Å²) in [6, 6.07) is 34.3. The Morgan fingerprint density at radius 3 is 2.30 bits per heavy atom. The molecule has 5 aromatic carbocycles. The number of nitrogens with one attached hydrogen (secondary N) is 3. The van der Waals surface area contributed by atoms with Crippen molar-refractivity contribution < 1.29 is 28.6 Å². The van der Waals surface area contributed by atoms with Crippen LogP contribution in [0.3, 0.4) is 0 Å². The monoisotopic (exact) mass is 694 g/mol. The van der Waals surface area contributed by atoms with Gasteiger partial charge in [0.15, 0.2) is 5.75 Å². The quantitative estimate of drug-likeness (QED) is 0.0919. The molecule has 5 rings (SSSR count). The second-order valence-electron chi connectivity index (χ2n) is 11.4. The lowest BCUT2D eigenvalue weighted by atomic mass is 10.0. The van der Waals surface area contributed by atoms with E-state index in [9.17, 15) is 18.8 Å². The number of hydrogen-bond acceptors (Lipinski definition) is 4. The standard InChI is InChI=1S/C39H36ClFN4O5/c1-26(44-39(48)49)30-12-7-13-33(23-30)50-36-24-32(40)19-20-35(36)45(22-8-21-42-38(47)43-25-31-11-5-6-14-34(31)41)37(46)29-17-15-28(16-18-29)27-9-3-2-4-10-27/h2-7,9-20,23-24,26,44H,8,21-22,25H2,1H3,(H,48,49)(H2,42,43,47). The number of benzene rings is 5. The molecule has 4 N–H and O–H groups in total. The zero-order chi connectivity index (χ0) is 35.5. The first kappa shape index (κ1) is 35.4. The lowest BCUT2D eigenvalue weighted by Gasteiger charge is -2.26. The fraction of sp³-hybridized carbons (Fsp3) is 0.154. The molecule has 0 bridgehead atoms. The number of anilines is 1.